The topological polar surface area (TPSA) is 99.2 Å². The smallest absolute Gasteiger partial charge is 0.409 e. The third kappa shape index (κ3) is 2.78. The summed E-state index contributed by atoms with van der Waals surface area (Å²) in [6, 6.07) is 0. The summed E-state index contributed by atoms with van der Waals surface area (Å²) in [6.45, 7) is -1.04. The maximum Gasteiger partial charge on any atom is 0.419 e. The minimum Gasteiger partial charge on any atom is -0.409 e. The maximum atomic E-state index is 12.4. The Morgan fingerprint density at radius 3 is 2.53 bits per heavy atom. The quantitative estimate of drug-likeness (QED) is 0.272. The van der Waals surface area contributed by atoms with E-state index in [1.807, 2.05) is 0 Å². The van der Waals surface area contributed by atoms with Gasteiger partial charge in [-0.3, -0.25) is 4.79 Å². The molecule has 0 spiro atoms. The lowest BCUT2D eigenvalue weighted by Gasteiger charge is -2.25. The van der Waals surface area contributed by atoms with Crippen molar-refractivity contribution in [1.82, 2.24) is 4.90 Å². The van der Waals surface area contributed by atoms with Gasteiger partial charge in [-0.1, -0.05) is 5.16 Å². The van der Waals surface area contributed by atoms with E-state index in [1.54, 1.807) is 0 Å². The molecule has 6 nitrogen and oxygen atoms in total. The van der Waals surface area contributed by atoms with Crippen LogP contribution in [0.4, 0.5) is 13.2 Å². The average Bonchev–Trinajstić information content (AvgIpc) is 2.61. The van der Waals surface area contributed by atoms with E-state index < -0.39 is 42.9 Å². The van der Waals surface area contributed by atoms with Crippen molar-refractivity contribution in [3.63, 3.8) is 0 Å². The second-order valence-electron chi connectivity index (χ2n) is 3.86. The zero-order chi connectivity index (χ0) is 13.3. The van der Waals surface area contributed by atoms with Gasteiger partial charge in [-0.05, 0) is 0 Å². The molecule has 1 aliphatic rings. The van der Waals surface area contributed by atoms with Gasteiger partial charge in [-0.25, -0.2) is 0 Å². The number of carbonyl (C=O) groups excluding carboxylic acids is 1. The fraction of sp³-hybridized carbons (Fsp3) is 0.750. The molecule has 0 aromatic rings. The Morgan fingerprint density at radius 1 is 1.53 bits per heavy atom. The van der Waals surface area contributed by atoms with Crippen LogP contribution in [0.5, 0.6) is 0 Å². The Balaban J connectivity index is 2.65. The molecule has 1 atom stereocenters. The van der Waals surface area contributed by atoms with Crippen molar-refractivity contribution in [2.24, 2.45) is 10.9 Å². The van der Waals surface area contributed by atoms with Crippen LogP contribution in [0.1, 0.15) is 12.8 Å². The van der Waals surface area contributed by atoms with Gasteiger partial charge in [0.15, 0.2) is 5.60 Å². The molecule has 1 heterocycles. The molecular formula is C8H12F3N3O3. The van der Waals surface area contributed by atoms with Crippen molar-refractivity contribution >= 4 is 11.7 Å². The molecule has 0 aliphatic carbocycles. The summed E-state index contributed by atoms with van der Waals surface area (Å²) in [5, 5.41) is 20.1. The largest absolute Gasteiger partial charge is 0.419 e. The number of halogens is 3. The molecule has 1 saturated heterocycles. The normalized spacial score (nSPS) is 26.4. The number of likely N-dealkylation sites (tertiary alicyclic amines) is 1. The van der Waals surface area contributed by atoms with Crippen molar-refractivity contribution < 1.29 is 28.3 Å². The monoisotopic (exact) mass is 255 g/mol. The number of β-amino-alcohol motifs (C(OH)–C–C–N with tert-alkyl or cyclic N) is 1. The third-order valence-electron chi connectivity index (χ3n) is 2.59. The van der Waals surface area contributed by atoms with Crippen LogP contribution in [-0.2, 0) is 4.79 Å². The lowest BCUT2D eigenvalue weighted by atomic mass is 10.0. The number of amidine groups is 1. The molecule has 9 heteroatoms. The van der Waals surface area contributed by atoms with Crippen LogP contribution < -0.4 is 5.73 Å². The summed E-state index contributed by atoms with van der Waals surface area (Å²) < 4.78 is 37.3. The summed E-state index contributed by atoms with van der Waals surface area (Å²) in [7, 11) is 0. The van der Waals surface area contributed by atoms with Crippen molar-refractivity contribution in [3.05, 3.63) is 0 Å². The highest BCUT2D eigenvalue weighted by Crippen LogP contribution is 2.37. The average molecular weight is 255 g/mol. The molecule has 1 rings (SSSR count). The van der Waals surface area contributed by atoms with Gasteiger partial charge in [0.2, 0.25) is 5.91 Å². The van der Waals surface area contributed by atoms with Gasteiger partial charge in [0, 0.05) is 13.0 Å². The van der Waals surface area contributed by atoms with Gasteiger partial charge in [0.05, 0.1) is 13.0 Å². The first kappa shape index (κ1) is 13.6. The lowest BCUT2D eigenvalue weighted by Crippen LogP contribution is -2.48. The molecule has 17 heavy (non-hydrogen) atoms. The predicted octanol–water partition coefficient (Wildman–Crippen LogP) is -0.351. The van der Waals surface area contributed by atoms with E-state index in [1.165, 1.54) is 0 Å². The number of carbonyl (C=O) groups is 1. The minimum atomic E-state index is -4.78. The molecule has 0 saturated carbocycles. The predicted molar refractivity (Wildman–Crippen MR) is 50.2 cm³/mol. The van der Waals surface area contributed by atoms with Crippen LogP contribution in [0.15, 0.2) is 5.16 Å². The van der Waals surface area contributed by atoms with Crippen molar-refractivity contribution in [2.75, 3.05) is 13.1 Å². The Kier molecular flexibility index (Phi) is 3.51. The standard InChI is InChI=1S/C8H12F3N3O3/c9-8(10,11)7(16)1-2-14(4-7)6(15)3-5(12)13-17/h16-17H,1-4H2,(H2,12,13). The number of amides is 1. The molecular weight excluding hydrogens is 243 g/mol. The zero-order valence-corrected chi connectivity index (χ0v) is 8.74. The molecule has 1 aliphatic heterocycles. The summed E-state index contributed by atoms with van der Waals surface area (Å²) in [5.74, 6) is -1.11. The van der Waals surface area contributed by atoms with E-state index in [-0.39, 0.29) is 6.54 Å². The molecule has 0 aromatic heterocycles. The number of rotatable bonds is 2. The van der Waals surface area contributed by atoms with Crippen LogP contribution in [0.3, 0.4) is 0 Å². The Bertz CT molecular complexity index is 345. The summed E-state index contributed by atoms with van der Waals surface area (Å²) in [6.07, 6.45) is -5.83. The van der Waals surface area contributed by atoms with Gasteiger partial charge in [0.1, 0.15) is 5.84 Å². The molecule has 0 radical (unpaired) electrons. The molecule has 0 bridgehead atoms. The second-order valence-corrected chi connectivity index (χ2v) is 3.86. The number of nitrogens with zero attached hydrogens (tertiary/aromatic N) is 2. The number of hydrogen-bond donors (Lipinski definition) is 3. The van der Waals surface area contributed by atoms with Crippen LogP contribution in [0.2, 0.25) is 0 Å². The molecule has 1 amide bonds. The highest BCUT2D eigenvalue weighted by Gasteiger charge is 2.57. The van der Waals surface area contributed by atoms with Crippen LogP contribution >= 0.6 is 0 Å². The summed E-state index contributed by atoms with van der Waals surface area (Å²) >= 11 is 0. The number of alkyl halides is 3. The fourth-order valence-corrected chi connectivity index (χ4v) is 1.54. The Labute approximate surface area is 94.5 Å². The first-order valence-corrected chi connectivity index (χ1v) is 4.73. The van der Waals surface area contributed by atoms with E-state index in [9.17, 15) is 23.1 Å². The maximum absolute atomic E-state index is 12.4. The first-order chi connectivity index (χ1) is 7.69. The Morgan fingerprint density at radius 2 is 2.12 bits per heavy atom. The number of hydrogen-bond acceptors (Lipinski definition) is 4. The van der Waals surface area contributed by atoms with Crippen LogP contribution in [-0.4, -0.2) is 51.8 Å². The van der Waals surface area contributed by atoms with Crippen molar-refractivity contribution in [3.8, 4) is 0 Å². The van der Waals surface area contributed by atoms with E-state index >= 15 is 0 Å². The molecule has 1 unspecified atom stereocenters. The van der Waals surface area contributed by atoms with E-state index in [2.05, 4.69) is 5.16 Å². The number of nitrogens with two attached hydrogens (primary N) is 1. The highest BCUT2D eigenvalue weighted by molar-refractivity contribution is 5.98. The SMILES string of the molecule is NC(CC(=O)N1CCC(O)(C(F)(F)F)C1)=NO. The Hall–Kier alpha value is -1.51. The highest BCUT2D eigenvalue weighted by atomic mass is 19.4. The van der Waals surface area contributed by atoms with Gasteiger partial charge < -0.3 is 20.9 Å². The first-order valence-electron chi connectivity index (χ1n) is 4.73. The van der Waals surface area contributed by atoms with E-state index in [0.29, 0.717) is 0 Å². The summed E-state index contributed by atoms with van der Waals surface area (Å²) in [4.78, 5) is 12.2. The molecule has 98 valence electrons. The van der Waals surface area contributed by atoms with Gasteiger partial charge in [-0.2, -0.15) is 13.2 Å². The van der Waals surface area contributed by atoms with Crippen LogP contribution in [0.25, 0.3) is 0 Å². The lowest BCUT2D eigenvalue weighted by molar-refractivity contribution is -0.253. The van der Waals surface area contributed by atoms with E-state index in [4.69, 9.17) is 10.9 Å². The van der Waals surface area contributed by atoms with Gasteiger partial charge in [0.25, 0.3) is 0 Å². The third-order valence-corrected chi connectivity index (χ3v) is 2.59. The van der Waals surface area contributed by atoms with Gasteiger partial charge in [-0.15, -0.1) is 0 Å². The van der Waals surface area contributed by atoms with Crippen LogP contribution in [0, 0.1) is 0 Å². The van der Waals surface area contributed by atoms with Crippen molar-refractivity contribution in [2.45, 2.75) is 24.6 Å². The fourth-order valence-electron chi connectivity index (χ4n) is 1.54. The van der Waals surface area contributed by atoms with Gasteiger partial charge >= 0.3 is 6.18 Å². The molecule has 4 N–H and O–H groups in total. The van der Waals surface area contributed by atoms with E-state index in [0.717, 1.165) is 4.90 Å². The number of oxime groups is 1. The second kappa shape index (κ2) is 4.40. The molecule has 0 aromatic carbocycles. The summed E-state index contributed by atoms with van der Waals surface area (Å²) in [5.41, 5.74) is 2.20. The number of aliphatic hydroxyl groups is 1. The van der Waals surface area contributed by atoms with Crippen molar-refractivity contribution in [1.29, 1.82) is 0 Å². The zero-order valence-electron chi connectivity index (χ0n) is 8.74. The minimum absolute atomic E-state index is 0.215. The molecule has 1 fully saturated rings.